The van der Waals surface area contributed by atoms with Crippen LogP contribution in [0.4, 0.5) is 8.78 Å². The van der Waals surface area contributed by atoms with E-state index in [4.69, 9.17) is 0 Å². The molecule has 0 atom stereocenters. The topological polar surface area (TPSA) is 25.0 Å². The summed E-state index contributed by atoms with van der Waals surface area (Å²) in [4.78, 5) is 2.47. The minimum absolute atomic E-state index is 0.0880. The van der Waals surface area contributed by atoms with Crippen molar-refractivity contribution in [1.82, 2.24) is 4.98 Å². The van der Waals surface area contributed by atoms with Crippen molar-refractivity contribution in [3.8, 4) is 5.88 Å². The van der Waals surface area contributed by atoms with Gasteiger partial charge >= 0.3 is 6.61 Å². The first-order valence-corrected chi connectivity index (χ1v) is 2.37. The highest BCUT2D eigenvalue weighted by Gasteiger charge is 2.02. The minimum Gasteiger partial charge on any atom is -0.419 e. The molecule has 0 fully saturated rings. The highest BCUT2D eigenvalue weighted by molar-refractivity contribution is 5.09. The largest absolute Gasteiger partial charge is 0.419 e. The molecule has 1 aromatic rings. The number of H-pyrrole nitrogens is 1. The van der Waals surface area contributed by atoms with Gasteiger partial charge in [0, 0.05) is 6.20 Å². The molecule has 0 aliphatic heterocycles. The van der Waals surface area contributed by atoms with Gasteiger partial charge in [-0.15, -0.1) is 0 Å². The molecule has 4 heteroatoms. The molecule has 1 N–H and O–H groups in total. The molecule has 50 valence electrons. The third-order valence-electron chi connectivity index (χ3n) is 0.785. The molecule has 1 rings (SSSR count). The fourth-order valence-corrected chi connectivity index (χ4v) is 0.483. The van der Waals surface area contributed by atoms with Gasteiger partial charge in [0.25, 0.3) is 0 Å². The lowest BCUT2D eigenvalue weighted by molar-refractivity contribution is -0.0525. The summed E-state index contributed by atoms with van der Waals surface area (Å²) in [5, 5.41) is 0. The average Bonchev–Trinajstić information content (AvgIpc) is 2.15. The van der Waals surface area contributed by atoms with Crippen molar-refractivity contribution < 1.29 is 13.5 Å². The van der Waals surface area contributed by atoms with Crippen molar-refractivity contribution in [2.75, 3.05) is 0 Å². The van der Waals surface area contributed by atoms with Gasteiger partial charge in [-0.05, 0) is 12.1 Å². The smallest absolute Gasteiger partial charge is 0.388 e. The third-order valence-corrected chi connectivity index (χ3v) is 0.785. The number of ether oxygens (including phenoxy) is 1. The highest BCUT2D eigenvalue weighted by atomic mass is 19.3. The number of rotatable bonds is 2. The first-order chi connectivity index (χ1) is 4.29. The maximum absolute atomic E-state index is 11.4. The van der Waals surface area contributed by atoms with Crippen LogP contribution in [0.2, 0.25) is 0 Å². The Hall–Kier alpha value is -1.06. The van der Waals surface area contributed by atoms with Crippen LogP contribution in [0.15, 0.2) is 18.3 Å². The van der Waals surface area contributed by atoms with E-state index in [-0.39, 0.29) is 5.88 Å². The van der Waals surface area contributed by atoms with Crippen molar-refractivity contribution in [2.45, 2.75) is 6.61 Å². The molecule has 0 aromatic carbocycles. The van der Waals surface area contributed by atoms with E-state index in [1.807, 2.05) is 0 Å². The molecule has 9 heavy (non-hydrogen) atoms. The van der Waals surface area contributed by atoms with Gasteiger partial charge in [0.2, 0.25) is 0 Å². The third kappa shape index (κ3) is 1.71. The van der Waals surface area contributed by atoms with Crippen molar-refractivity contribution >= 4 is 0 Å². The molecule has 1 heterocycles. The summed E-state index contributed by atoms with van der Waals surface area (Å²) in [6.07, 6.45) is 1.51. The normalized spacial score (nSPS) is 10.1. The standard InChI is InChI=1S/C5H5F2NO/c6-5(7)9-4-2-1-3-8-4/h1-3,5,8H. The summed E-state index contributed by atoms with van der Waals surface area (Å²) in [5.41, 5.74) is 0. The fourth-order valence-electron chi connectivity index (χ4n) is 0.483. The van der Waals surface area contributed by atoms with Crippen LogP contribution in [-0.4, -0.2) is 11.6 Å². The lowest BCUT2D eigenvalue weighted by atomic mass is 10.7. The van der Waals surface area contributed by atoms with Crippen LogP contribution in [0.3, 0.4) is 0 Å². The maximum atomic E-state index is 11.4. The second-order valence-electron chi connectivity index (χ2n) is 1.41. The van der Waals surface area contributed by atoms with Crippen LogP contribution in [0.25, 0.3) is 0 Å². The lowest BCUT2D eigenvalue weighted by Gasteiger charge is -1.97. The van der Waals surface area contributed by atoms with E-state index in [1.165, 1.54) is 12.3 Å². The molecular weight excluding hydrogens is 128 g/mol. The quantitative estimate of drug-likeness (QED) is 0.651. The Morgan fingerprint density at radius 3 is 2.78 bits per heavy atom. The summed E-state index contributed by atoms with van der Waals surface area (Å²) >= 11 is 0. The fraction of sp³-hybridized carbons (Fsp3) is 0.200. The molecule has 2 nitrogen and oxygen atoms in total. The maximum Gasteiger partial charge on any atom is 0.388 e. The van der Waals surface area contributed by atoms with Crippen molar-refractivity contribution in [1.29, 1.82) is 0 Å². The van der Waals surface area contributed by atoms with Crippen molar-refractivity contribution in [3.63, 3.8) is 0 Å². The van der Waals surface area contributed by atoms with Crippen LogP contribution in [0, 0.1) is 0 Å². The Bertz CT molecular complexity index is 161. The van der Waals surface area contributed by atoms with E-state index in [2.05, 4.69) is 9.72 Å². The van der Waals surface area contributed by atoms with Crippen LogP contribution in [-0.2, 0) is 0 Å². The molecule has 0 bridgehead atoms. The molecule has 0 unspecified atom stereocenters. The van der Waals surface area contributed by atoms with Crippen LogP contribution in [0.1, 0.15) is 0 Å². The molecule has 0 saturated carbocycles. The summed E-state index contributed by atoms with van der Waals surface area (Å²) in [6, 6.07) is 3.00. The van der Waals surface area contributed by atoms with Gasteiger partial charge in [-0.25, -0.2) is 0 Å². The molecule has 0 aliphatic rings. The first kappa shape index (κ1) is 6.07. The van der Waals surface area contributed by atoms with Gasteiger partial charge in [-0.2, -0.15) is 8.78 Å². The number of halogens is 2. The zero-order valence-electron chi connectivity index (χ0n) is 4.47. The Morgan fingerprint density at radius 2 is 2.33 bits per heavy atom. The van der Waals surface area contributed by atoms with E-state index in [1.54, 1.807) is 6.07 Å². The van der Waals surface area contributed by atoms with Crippen molar-refractivity contribution in [3.05, 3.63) is 18.3 Å². The van der Waals surface area contributed by atoms with Gasteiger partial charge < -0.3 is 9.72 Å². The molecule has 0 saturated heterocycles. The zero-order chi connectivity index (χ0) is 6.69. The molecular formula is C5H5F2NO. The van der Waals surface area contributed by atoms with E-state index >= 15 is 0 Å². The predicted molar refractivity (Wildman–Crippen MR) is 27.4 cm³/mol. The summed E-state index contributed by atoms with van der Waals surface area (Å²) in [5.74, 6) is 0.0880. The Morgan fingerprint density at radius 1 is 1.56 bits per heavy atom. The molecule has 0 aliphatic carbocycles. The number of nitrogens with one attached hydrogen (secondary N) is 1. The summed E-state index contributed by atoms with van der Waals surface area (Å²) < 4.78 is 26.7. The Labute approximate surface area is 50.5 Å². The van der Waals surface area contributed by atoms with Gasteiger partial charge in [0.15, 0.2) is 5.88 Å². The van der Waals surface area contributed by atoms with Crippen LogP contribution < -0.4 is 4.74 Å². The van der Waals surface area contributed by atoms with Crippen LogP contribution >= 0.6 is 0 Å². The summed E-state index contributed by atoms with van der Waals surface area (Å²) in [6.45, 7) is -2.75. The number of hydrogen-bond acceptors (Lipinski definition) is 1. The number of hydrogen-bond donors (Lipinski definition) is 1. The number of aromatic nitrogens is 1. The van der Waals surface area contributed by atoms with Gasteiger partial charge in [0.05, 0.1) is 0 Å². The van der Waals surface area contributed by atoms with E-state index in [0.29, 0.717) is 0 Å². The number of aromatic amines is 1. The monoisotopic (exact) mass is 133 g/mol. The van der Waals surface area contributed by atoms with E-state index < -0.39 is 6.61 Å². The molecule has 0 spiro atoms. The SMILES string of the molecule is FC(F)Oc1ccc[nH]1. The summed E-state index contributed by atoms with van der Waals surface area (Å²) in [7, 11) is 0. The van der Waals surface area contributed by atoms with Gasteiger partial charge in [-0.3, -0.25) is 0 Å². The van der Waals surface area contributed by atoms with Crippen LogP contribution in [0.5, 0.6) is 5.88 Å². The number of alkyl halides is 2. The second-order valence-corrected chi connectivity index (χ2v) is 1.41. The van der Waals surface area contributed by atoms with Gasteiger partial charge in [0.1, 0.15) is 0 Å². The molecule has 1 aromatic heterocycles. The predicted octanol–water partition coefficient (Wildman–Crippen LogP) is 1.62. The lowest BCUT2D eigenvalue weighted by Crippen LogP contribution is -2.01. The zero-order valence-corrected chi connectivity index (χ0v) is 4.47. The first-order valence-electron chi connectivity index (χ1n) is 2.37. The minimum atomic E-state index is -2.75. The second kappa shape index (κ2) is 2.48. The van der Waals surface area contributed by atoms with Gasteiger partial charge in [-0.1, -0.05) is 0 Å². The van der Waals surface area contributed by atoms with E-state index in [0.717, 1.165) is 0 Å². The average molecular weight is 133 g/mol. The Balaban J connectivity index is 2.48. The highest BCUT2D eigenvalue weighted by Crippen LogP contribution is 2.07. The molecule has 0 radical (unpaired) electrons. The Kier molecular flexibility index (Phi) is 1.67. The van der Waals surface area contributed by atoms with E-state index in [9.17, 15) is 8.78 Å². The van der Waals surface area contributed by atoms with Crippen molar-refractivity contribution in [2.24, 2.45) is 0 Å². The molecule has 0 amide bonds.